The number of halogens is 2. The standard InChI is InChI=1S/C22H29F2N3O3S2/c1-16-6-9-21(31-16)32(29,30)27-10-4-5-18(15-27)22(28)26(12-11-25(2)3)14-17-7-8-19(23)13-20(17)24/h6-9,13,18H,4-5,10-12,14-15H2,1-3H3. The Morgan fingerprint density at radius 1 is 1.19 bits per heavy atom. The van der Waals surface area contributed by atoms with Gasteiger partial charge >= 0.3 is 0 Å². The summed E-state index contributed by atoms with van der Waals surface area (Å²) in [5.74, 6) is -2.09. The first kappa shape index (κ1) is 24.8. The van der Waals surface area contributed by atoms with Crippen molar-refractivity contribution in [2.24, 2.45) is 5.92 Å². The maximum Gasteiger partial charge on any atom is 0.252 e. The predicted octanol–water partition coefficient (Wildman–Crippen LogP) is 3.33. The molecule has 176 valence electrons. The maximum atomic E-state index is 14.2. The molecule has 1 aliphatic heterocycles. The molecule has 1 saturated heterocycles. The van der Waals surface area contributed by atoms with Crippen molar-refractivity contribution in [3.63, 3.8) is 0 Å². The zero-order valence-electron chi connectivity index (χ0n) is 18.6. The molecular weight excluding hydrogens is 456 g/mol. The molecule has 0 bridgehead atoms. The lowest BCUT2D eigenvalue weighted by Crippen LogP contribution is -2.47. The van der Waals surface area contributed by atoms with Crippen LogP contribution in [0.1, 0.15) is 23.3 Å². The SMILES string of the molecule is Cc1ccc(S(=O)(=O)N2CCCC(C(=O)N(CCN(C)C)Cc3ccc(F)cc3F)C2)s1. The van der Waals surface area contributed by atoms with E-state index in [-0.39, 0.29) is 28.8 Å². The predicted molar refractivity (Wildman–Crippen MR) is 121 cm³/mol. The van der Waals surface area contributed by atoms with Crippen LogP contribution in [0.25, 0.3) is 0 Å². The highest BCUT2D eigenvalue weighted by Gasteiger charge is 2.35. The second-order valence-corrected chi connectivity index (χ2v) is 11.8. The molecule has 2 heterocycles. The third-order valence-corrected chi connectivity index (χ3v) is 8.88. The van der Waals surface area contributed by atoms with Crippen LogP contribution in [-0.4, -0.2) is 68.7 Å². The van der Waals surface area contributed by atoms with Crippen LogP contribution in [0.2, 0.25) is 0 Å². The van der Waals surface area contributed by atoms with Crippen LogP contribution in [0, 0.1) is 24.5 Å². The molecule has 1 atom stereocenters. The molecular formula is C22H29F2N3O3S2. The quantitative estimate of drug-likeness (QED) is 0.576. The molecule has 1 aromatic heterocycles. The zero-order chi connectivity index (χ0) is 23.5. The topological polar surface area (TPSA) is 60.9 Å². The lowest BCUT2D eigenvalue weighted by molar-refractivity contribution is -0.137. The summed E-state index contributed by atoms with van der Waals surface area (Å²) >= 11 is 1.22. The van der Waals surface area contributed by atoms with Crippen LogP contribution in [0.5, 0.6) is 0 Å². The first-order chi connectivity index (χ1) is 15.1. The average molecular weight is 486 g/mol. The van der Waals surface area contributed by atoms with E-state index in [1.54, 1.807) is 17.0 Å². The van der Waals surface area contributed by atoms with Crippen molar-refractivity contribution in [1.82, 2.24) is 14.1 Å². The summed E-state index contributed by atoms with van der Waals surface area (Å²) < 4.78 is 55.3. The summed E-state index contributed by atoms with van der Waals surface area (Å²) in [5.41, 5.74) is 0.229. The summed E-state index contributed by atoms with van der Waals surface area (Å²) in [6, 6.07) is 6.69. The van der Waals surface area contributed by atoms with E-state index in [0.717, 1.165) is 10.9 Å². The highest BCUT2D eigenvalue weighted by molar-refractivity contribution is 7.91. The minimum atomic E-state index is -3.66. The zero-order valence-corrected chi connectivity index (χ0v) is 20.2. The van der Waals surface area contributed by atoms with Gasteiger partial charge in [-0.15, -0.1) is 11.3 Å². The number of carbonyl (C=O) groups excluding carboxylic acids is 1. The Morgan fingerprint density at radius 3 is 2.56 bits per heavy atom. The molecule has 1 aromatic carbocycles. The lowest BCUT2D eigenvalue weighted by atomic mass is 9.97. The second-order valence-electron chi connectivity index (χ2n) is 8.37. The summed E-state index contributed by atoms with van der Waals surface area (Å²) in [5, 5.41) is 0. The maximum absolute atomic E-state index is 14.2. The summed E-state index contributed by atoms with van der Waals surface area (Å²) in [7, 11) is 0.0899. The Hall–Kier alpha value is -1.88. The fraction of sp³-hybridized carbons (Fsp3) is 0.500. The van der Waals surface area contributed by atoms with Crippen molar-refractivity contribution in [2.45, 2.75) is 30.5 Å². The molecule has 1 unspecified atom stereocenters. The molecule has 6 nitrogen and oxygen atoms in total. The number of piperidine rings is 1. The first-order valence-corrected chi connectivity index (χ1v) is 12.8. The number of rotatable bonds is 8. The summed E-state index contributed by atoms with van der Waals surface area (Å²) in [6.07, 6.45) is 1.14. The number of aryl methyl sites for hydroxylation is 1. The van der Waals surface area contributed by atoms with Gasteiger partial charge in [-0.05, 0) is 52.1 Å². The molecule has 1 amide bonds. The van der Waals surface area contributed by atoms with Crippen molar-refractivity contribution in [1.29, 1.82) is 0 Å². The van der Waals surface area contributed by atoms with Crippen LogP contribution in [-0.2, 0) is 21.4 Å². The number of hydrogen-bond donors (Lipinski definition) is 0. The highest BCUT2D eigenvalue weighted by atomic mass is 32.2. The fourth-order valence-corrected chi connectivity index (χ4v) is 6.70. The van der Waals surface area contributed by atoms with Gasteiger partial charge in [0, 0.05) is 49.2 Å². The Bertz CT molecular complexity index is 1060. The van der Waals surface area contributed by atoms with Crippen LogP contribution in [0.15, 0.2) is 34.5 Å². The normalized spacial score (nSPS) is 17.6. The lowest BCUT2D eigenvalue weighted by Gasteiger charge is -2.34. The van der Waals surface area contributed by atoms with Gasteiger partial charge in [-0.3, -0.25) is 4.79 Å². The Balaban J connectivity index is 1.78. The molecule has 32 heavy (non-hydrogen) atoms. The average Bonchev–Trinajstić information content (AvgIpc) is 3.19. The van der Waals surface area contributed by atoms with Crippen LogP contribution >= 0.6 is 11.3 Å². The minimum Gasteiger partial charge on any atom is -0.337 e. The minimum absolute atomic E-state index is 0.00611. The molecule has 1 fully saturated rings. The van der Waals surface area contributed by atoms with E-state index < -0.39 is 27.6 Å². The molecule has 2 aromatic rings. The molecule has 0 saturated carbocycles. The molecule has 0 spiro atoms. The number of benzene rings is 1. The van der Waals surface area contributed by atoms with Gasteiger partial charge in [0.05, 0.1) is 5.92 Å². The third kappa shape index (κ3) is 5.92. The van der Waals surface area contributed by atoms with Gasteiger partial charge in [0.2, 0.25) is 5.91 Å². The molecule has 0 aliphatic carbocycles. The second kappa shape index (κ2) is 10.4. The molecule has 10 heteroatoms. The van der Waals surface area contributed by atoms with E-state index in [1.807, 2.05) is 25.9 Å². The van der Waals surface area contributed by atoms with Gasteiger partial charge in [-0.1, -0.05) is 6.07 Å². The number of nitrogens with zero attached hydrogens (tertiary/aromatic N) is 3. The van der Waals surface area contributed by atoms with Crippen LogP contribution in [0.3, 0.4) is 0 Å². The van der Waals surface area contributed by atoms with Crippen molar-refractivity contribution >= 4 is 27.3 Å². The van der Waals surface area contributed by atoms with Gasteiger partial charge in [0.25, 0.3) is 10.0 Å². The van der Waals surface area contributed by atoms with E-state index in [1.165, 1.54) is 27.8 Å². The number of thiophene rings is 1. The van der Waals surface area contributed by atoms with Gasteiger partial charge in [-0.2, -0.15) is 4.31 Å². The van der Waals surface area contributed by atoms with Gasteiger partial charge < -0.3 is 9.80 Å². The summed E-state index contributed by atoms with van der Waals surface area (Å²) in [6.45, 7) is 3.25. The third-order valence-electron chi connectivity index (χ3n) is 5.55. The Kier molecular flexibility index (Phi) is 8.02. The monoisotopic (exact) mass is 485 g/mol. The van der Waals surface area contributed by atoms with E-state index in [2.05, 4.69) is 0 Å². The number of amides is 1. The largest absolute Gasteiger partial charge is 0.337 e. The number of sulfonamides is 1. The highest BCUT2D eigenvalue weighted by Crippen LogP contribution is 2.29. The van der Waals surface area contributed by atoms with Gasteiger partial charge in [-0.25, -0.2) is 17.2 Å². The Labute approximate surface area is 192 Å². The number of hydrogen-bond acceptors (Lipinski definition) is 5. The first-order valence-electron chi connectivity index (χ1n) is 10.5. The number of likely N-dealkylation sites (N-methyl/N-ethyl adjacent to an activating group) is 1. The van der Waals surface area contributed by atoms with Crippen molar-refractivity contribution in [2.75, 3.05) is 40.3 Å². The number of carbonyl (C=O) groups is 1. The van der Waals surface area contributed by atoms with E-state index in [9.17, 15) is 22.0 Å². The smallest absolute Gasteiger partial charge is 0.252 e. The van der Waals surface area contributed by atoms with Crippen molar-refractivity contribution in [3.8, 4) is 0 Å². The van der Waals surface area contributed by atoms with Gasteiger partial charge in [0.1, 0.15) is 15.8 Å². The van der Waals surface area contributed by atoms with Crippen molar-refractivity contribution in [3.05, 3.63) is 52.4 Å². The molecule has 0 radical (unpaired) electrons. The Morgan fingerprint density at radius 2 is 1.94 bits per heavy atom. The summed E-state index contributed by atoms with van der Waals surface area (Å²) in [4.78, 5) is 17.8. The van der Waals surface area contributed by atoms with E-state index in [4.69, 9.17) is 0 Å². The van der Waals surface area contributed by atoms with Crippen LogP contribution in [0.4, 0.5) is 8.78 Å². The fourth-order valence-electron chi connectivity index (χ4n) is 3.74. The van der Waals surface area contributed by atoms with E-state index >= 15 is 0 Å². The molecule has 0 N–H and O–H groups in total. The van der Waals surface area contributed by atoms with Gasteiger partial charge in [0.15, 0.2) is 0 Å². The van der Waals surface area contributed by atoms with Crippen LogP contribution < -0.4 is 0 Å². The van der Waals surface area contributed by atoms with E-state index in [0.29, 0.717) is 32.5 Å². The van der Waals surface area contributed by atoms with Crippen molar-refractivity contribution < 1.29 is 22.0 Å². The molecule has 3 rings (SSSR count). The molecule has 1 aliphatic rings.